The molecule has 1 heterocycles. The Kier molecular flexibility index (Phi) is 5.14. The van der Waals surface area contributed by atoms with Crippen LogP contribution in [0.3, 0.4) is 0 Å². The third-order valence-electron chi connectivity index (χ3n) is 3.66. The number of nitrogens with one attached hydrogen (secondary N) is 1. The molecule has 0 aliphatic carbocycles. The van der Waals surface area contributed by atoms with Crippen LogP contribution < -0.4 is 5.32 Å². The first-order valence-corrected chi connectivity index (χ1v) is 8.37. The number of benzene rings is 2. The molecule has 128 valence electrons. The molecule has 6 heteroatoms. The number of rotatable bonds is 5. The number of anilines is 1. The van der Waals surface area contributed by atoms with Gasteiger partial charge in [0.2, 0.25) is 5.89 Å². The second kappa shape index (κ2) is 7.49. The van der Waals surface area contributed by atoms with Gasteiger partial charge in [-0.05, 0) is 42.0 Å². The van der Waals surface area contributed by atoms with Crippen molar-refractivity contribution in [3.8, 4) is 0 Å². The smallest absolute Gasteiger partial charge is 0.255 e. The van der Waals surface area contributed by atoms with Gasteiger partial charge >= 0.3 is 0 Å². The molecule has 3 aromatic rings. The molecule has 25 heavy (non-hydrogen) atoms. The van der Waals surface area contributed by atoms with Gasteiger partial charge in [0.05, 0.1) is 0 Å². The Morgan fingerprint density at radius 2 is 1.80 bits per heavy atom. The van der Waals surface area contributed by atoms with E-state index in [9.17, 15) is 4.79 Å². The Bertz CT molecular complexity index is 855. The summed E-state index contributed by atoms with van der Waals surface area (Å²) in [6, 6.07) is 14.3. The molecule has 1 aromatic heterocycles. The molecule has 1 amide bonds. The minimum atomic E-state index is -0.177. The molecule has 0 radical (unpaired) electrons. The molecule has 1 N–H and O–H groups in total. The third-order valence-corrected chi connectivity index (χ3v) is 3.91. The van der Waals surface area contributed by atoms with E-state index in [4.69, 9.17) is 16.1 Å². The van der Waals surface area contributed by atoms with E-state index < -0.39 is 0 Å². The second-order valence-electron chi connectivity index (χ2n) is 6.04. The van der Waals surface area contributed by atoms with E-state index in [0.717, 1.165) is 11.3 Å². The van der Waals surface area contributed by atoms with Crippen molar-refractivity contribution >= 4 is 23.2 Å². The molecule has 5 nitrogen and oxygen atoms in total. The minimum Gasteiger partial charge on any atom is -0.339 e. The number of aromatic nitrogens is 2. The van der Waals surface area contributed by atoms with Crippen LogP contribution in [0.4, 0.5) is 5.69 Å². The van der Waals surface area contributed by atoms with Gasteiger partial charge < -0.3 is 9.84 Å². The SMILES string of the molecule is CC(C)c1nc(Cc2ccc(NC(=O)c3ccc(Cl)cc3)cc2)no1. The maximum absolute atomic E-state index is 12.2. The molecule has 0 saturated heterocycles. The zero-order valence-electron chi connectivity index (χ0n) is 14.0. The van der Waals surface area contributed by atoms with E-state index in [1.165, 1.54) is 0 Å². The lowest BCUT2D eigenvalue weighted by molar-refractivity contribution is 0.102. The second-order valence-corrected chi connectivity index (χ2v) is 6.47. The molecule has 0 atom stereocenters. The van der Waals surface area contributed by atoms with Crippen LogP contribution in [0.2, 0.25) is 5.02 Å². The summed E-state index contributed by atoms with van der Waals surface area (Å²) < 4.78 is 5.20. The Balaban J connectivity index is 1.63. The summed E-state index contributed by atoms with van der Waals surface area (Å²) in [6.07, 6.45) is 0.585. The topological polar surface area (TPSA) is 68.0 Å². The van der Waals surface area contributed by atoms with Gasteiger partial charge in [-0.2, -0.15) is 4.98 Å². The third kappa shape index (κ3) is 4.45. The van der Waals surface area contributed by atoms with Crippen LogP contribution in [0.1, 0.15) is 47.4 Å². The molecule has 2 aromatic carbocycles. The highest BCUT2D eigenvalue weighted by Gasteiger charge is 2.10. The molecule has 0 saturated carbocycles. The number of halogens is 1. The molecule has 0 unspecified atom stereocenters. The van der Waals surface area contributed by atoms with E-state index in [2.05, 4.69) is 15.5 Å². The Hall–Kier alpha value is -2.66. The van der Waals surface area contributed by atoms with E-state index >= 15 is 0 Å². The largest absolute Gasteiger partial charge is 0.339 e. The monoisotopic (exact) mass is 355 g/mol. The van der Waals surface area contributed by atoms with Crippen molar-refractivity contribution in [1.82, 2.24) is 10.1 Å². The number of hydrogen-bond donors (Lipinski definition) is 1. The van der Waals surface area contributed by atoms with Gasteiger partial charge in [0.25, 0.3) is 5.91 Å². The summed E-state index contributed by atoms with van der Waals surface area (Å²) in [4.78, 5) is 16.5. The van der Waals surface area contributed by atoms with Gasteiger partial charge in [-0.25, -0.2) is 0 Å². The fourth-order valence-electron chi connectivity index (χ4n) is 2.27. The van der Waals surface area contributed by atoms with Crippen LogP contribution in [0.25, 0.3) is 0 Å². The van der Waals surface area contributed by atoms with Crippen LogP contribution in [0.5, 0.6) is 0 Å². The van der Waals surface area contributed by atoms with E-state index in [1.54, 1.807) is 24.3 Å². The quantitative estimate of drug-likeness (QED) is 0.720. The zero-order chi connectivity index (χ0) is 17.8. The molecular weight excluding hydrogens is 338 g/mol. The minimum absolute atomic E-state index is 0.177. The lowest BCUT2D eigenvalue weighted by Gasteiger charge is -2.06. The van der Waals surface area contributed by atoms with Crippen molar-refractivity contribution in [3.05, 3.63) is 76.4 Å². The normalized spacial score (nSPS) is 10.9. The number of nitrogens with zero attached hydrogens (tertiary/aromatic N) is 2. The van der Waals surface area contributed by atoms with Gasteiger partial charge in [0.15, 0.2) is 5.82 Å². The summed E-state index contributed by atoms with van der Waals surface area (Å²) in [5.74, 6) is 1.33. The summed E-state index contributed by atoms with van der Waals surface area (Å²) in [6.45, 7) is 4.02. The van der Waals surface area contributed by atoms with Crippen LogP contribution in [0.15, 0.2) is 53.1 Å². The van der Waals surface area contributed by atoms with Crippen molar-refractivity contribution in [2.75, 3.05) is 5.32 Å². The maximum atomic E-state index is 12.2. The Morgan fingerprint density at radius 3 is 2.40 bits per heavy atom. The van der Waals surface area contributed by atoms with Gasteiger partial charge in [0, 0.05) is 28.6 Å². The first-order valence-electron chi connectivity index (χ1n) is 7.99. The molecule has 0 fully saturated rings. The van der Waals surface area contributed by atoms with Gasteiger partial charge in [-0.3, -0.25) is 4.79 Å². The first kappa shape index (κ1) is 17.2. The lowest BCUT2D eigenvalue weighted by atomic mass is 10.1. The molecule has 3 rings (SSSR count). The summed E-state index contributed by atoms with van der Waals surface area (Å²) in [7, 11) is 0. The predicted octanol–water partition coefficient (Wildman–Crippen LogP) is 4.69. The standard InChI is InChI=1S/C19H18ClN3O2/c1-12(2)19-22-17(23-25-19)11-13-3-9-16(10-4-13)21-18(24)14-5-7-15(20)8-6-14/h3-10,12H,11H2,1-2H3,(H,21,24). The van der Waals surface area contributed by atoms with Gasteiger partial charge in [-0.15, -0.1) is 0 Å². The Labute approximate surface area is 151 Å². The van der Waals surface area contributed by atoms with Crippen molar-refractivity contribution < 1.29 is 9.32 Å². The van der Waals surface area contributed by atoms with Gasteiger partial charge in [-0.1, -0.05) is 42.7 Å². The molecular formula is C19H18ClN3O2. The number of hydrogen-bond acceptors (Lipinski definition) is 4. The van der Waals surface area contributed by atoms with Crippen molar-refractivity contribution in [1.29, 1.82) is 0 Å². The highest BCUT2D eigenvalue weighted by Crippen LogP contribution is 2.16. The fraction of sp³-hybridized carbons (Fsp3) is 0.211. The molecule has 0 bridgehead atoms. The average molecular weight is 356 g/mol. The predicted molar refractivity (Wildman–Crippen MR) is 97.0 cm³/mol. The van der Waals surface area contributed by atoms with Crippen molar-refractivity contribution in [2.45, 2.75) is 26.2 Å². The average Bonchev–Trinajstić information content (AvgIpc) is 3.06. The number of carbonyl (C=O) groups excluding carboxylic acids is 1. The van der Waals surface area contributed by atoms with E-state index in [-0.39, 0.29) is 11.8 Å². The van der Waals surface area contributed by atoms with Crippen molar-refractivity contribution in [2.24, 2.45) is 0 Å². The summed E-state index contributed by atoms with van der Waals surface area (Å²) >= 11 is 5.83. The fourth-order valence-corrected chi connectivity index (χ4v) is 2.39. The van der Waals surface area contributed by atoms with Crippen LogP contribution >= 0.6 is 11.6 Å². The number of carbonyl (C=O) groups is 1. The summed E-state index contributed by atoms with van der Waals surface area (Å²) in [5.41, 5.74) is 2.32. The van der Waals surface area contributed by atoms with Crippen molar-refractivity contribution in [3.63, 3.8) is 0 Å². The van der Waals surface area contributed by atoms with Crippen LogP contribution in [-0.4, -0.2) is 16.0 Å². The lowest BCUT2D eigenvalue weighted by Crippen LogP contribution is -2.11. The zero-order valence-corrected chi connectivity index (χ0v) is 14.7. The summed E-state index contributed by atoms with van der Waals surface area (Å²) in [5, 5.41) is 7.44. The first-order chi connectivity index (χ1) is 12.0. The molecule has 0 aliphatic heterocycles. The van der Waals surface area contributed by atoms with Gasteiger partial charge in [0.1, 0.15) is 0 Å². The molecule has 0 spiro atoms. The maximum Gasteiger partial charge on any atom is 0.255 e. The number of amides is 1. The Morgan fingerprint density at radius 1 is 1.12 bits per heavy atom. The highest BCUT2D eigenvalue weighted by atomic mass is 35.5. The van der Waals surface area contributed by atoms with Crippen LogP contribution in [-0.2, 0) is 6.42 Å². The van der Waals surface area contributed by atoms with E-state index in [0.29, 0.717) is 28.7 Å². The van der Waals surface area contributed by atoms with E-state index in [1.807, 2.05) is 38.1 Å². The van der Waals surface area contributed by atoms with Crippen LogP contribution in [0, 0.1) is 0 Å². The molecule has 0 aliphatic rings. The highest BCUT2D eigenvalue weighted by molar-refractivity contribution is 6.30.